The number of amides is 1. The number of para-hydroxylation sites is 1. The minimum absolute atomic E-state index is 0.0405. The highest BCUT2D eigenvalue weighted by Crippen LogP contribution is 2.28. The maximum absolute atomic E-state index is 13.8. The van der Waals surface area contributed by atoms with E-state index in [4.69, 9.17) is 16.3 Å². The first-order valence-corrected chi connectivity index (χ1v) is 8.17. The number of hydrogen-bond donors (Lipinski definition) is 2. The van der Waals surface area contributed by atoms with Crippen molar-refractivity contribution in [3.8, 4) is 5.75 Å². The van der Waals surface area contributed by atoms with Gasteiger partial charge in [0.25, 0.3) is 5.91 Å². The summed E-state index contributed by atoms with van der Waals surface area (Å²) in [5.74, 6) is -1.60. The Morgan fingerprint density at radius 1 is 1.11 bits per heavy atom. The molecule has 5 nitrogen and oxygen atoms in total. The first-order valence-electron chi connectivity index (χ1n) is 7.80. The highest BCUT2D eigenvalue weighted by molar-refractivity contribution is 6.31. The summed E-state index contributed by atoms with van der Waals surface area (Å²) in [6.45, 7) is 0. The minimum atomic E-state index is -0.749. The Morgan fingerprint density at radius 3 is 2.56 bits per heavy atom. The van der Waals surface area contributed by atoms with Gasteiger partial charge in [-0.15, -0.1) is 0 Å². The van der Waals surface area contributed by atoms with Gasteiger partial charge in [-0.25, -0.2) is 8.78 Å². The number of nitrogens with one attached hydrogen (secondary N) is 2. The molecule has 3 rings (SSSR count). The number of carbonyl (C=O) groups excluding carboxylic acids is 1. The van der Waals surface area contributed by atoms with Gasteiger partial charge in [-0.05, 0) is 42.5 Å². The maximum atomic E-state index is 13.8. The zero-order valence-corrected chi connectivity index (χ0v) is 14.8. The summed E-state index contributed by atoms with van der Waals surface area (Å²) in [5.41, 5.74) is 0.401. The van der Waals surface area contributed by atoms with Crippen molar-refractivity contribution in [3.63, 3.8) is 0 Å². The quantitative estimate of drug-likeness (QED) is 0.643. The smallest absolute Gasteiger partial charge is 0.274 e. The SMILES string of the molecule is COc1ccc(Cl)cc1NC(=O)c1cc(Nc2c(F)cccc2F)ccn1. The second kappa shape index (κ2) is 8.01. The molecular formula is C19H14ClF2N3O2. The molecule has 0 aliphatic heterocycles. The normalized spacial score (nSPS) is 10.4. The van der Waals surface area contributed by atoms with Crippen molar-refractivity contribution < 1.29 is 18.3 Å². The third-order valence-electron chi connectivity index (χ3n) is 3.63. The lowest BCUT2D eigenvalue weighted by atomic mass is 10.2. The van der Waals surface area contributed by atoms with E-state index in [1.807, 2.05) is 0 Å². The summed E-state index contributed by atoms with van der Waals surface area (Å²) in [7, 11) is 1.46. The Kier molecular flexibility index (Phi) is 5.52. The Morgan fingerprint density at radius 2 is 1.85 bits per heavy atom. The molecule has 1 aromatic heterocycles. The van der Waals surface area contributed by atoms with Gasteiger partial charge in [0.2, 0.25) is 0 Å². The summed E-state index contributed by atoms with van der Waals surface area (Å²) >= 11 is 5.94. The van der Waals surface area contributed by atoms with Crippen LogP contribution in [-0.2, 0) is 0 Å². The predicted molar refractivity (Wildman–Crippen MR) is 99.8 cm³/mol. The number of rotatable bonds is 5. The summed E-state index contributed by atoms with van der Waals surface area (Å²) in [6, 6.07) is 11.2. The highest BCUT2D eigenvalue weighted by Gasteiger charge is 2.14. The summed E-state index contributed by atoms with van der Waals surface area (Å²) < 4.78 is 32.7. The minimum Gasteiger partial charge on any atom is -0.495 e. The molecule has 0 fully saturated rings. The monoisotopic (exact) mass is 389 g/mol. The molecule has 0 atom stereocenters. The van der Waals surface area contributed by atoms with Gasteiger partial charge in [0.1, 0.15) is 28.8 Å². The number of ether oxygens (including phenoxy) is 1. The van der Waals surface area contributed by atoms with E-state index in [1.165, 1.54) is 37.6 Å². The third kappa shape index (κ3) is 4.32. The predicted octanol–water partition coefficient (Wildman–Crippen LogP) is 5.02. The molecule has 3 aromatic rings. The standard InChI is InChI=1S/C19H14ClF2N3O2/c1-27-17-6-5-11(20)9-15(17)25-19(26)16-10-12(7-8-23-16)24-18-13(21)3-2-4-14(18)22/h2-10H,1H3,(H,23,24)(H,25,26). The fourth-order valence-corrected chi connectivity index (χ4v) is 2.53. The van der Waals surface area contributed by atoms with Crippen molar-refractivity contribution in [2.24, 2.45) is 0 Å². The zero-order chi connectivity index (χ0) is 19.4. The summed E-state index contributed by atoms with van der Waals surface area (Å²) in [5, 5.41) is 5.68. The van der Waals surface area contributed by atoms with Crippen LogP contribution in [0.15, 0.2) is 54.7 Å². The molecule has 27 heavy (non-hydrogen) atoms. The van der Waals surface area contributed by atoms with E-state index in [0.717, 1.165) is 12.1 Å². The largest absolute Gasteiger partial charge is 0.495 e. The molecule has 0 unspecified atom stereocenters. The van der Waals surface area contributed by atoms with Crippen LogP contribution in [0.2, 0.25) is 5.02 Å². The summed E-state index contributed by atoms with van der Waals surface area (Å²) in [6.07, 6.45) is 1.35. The lowest BCUT2D eigenvalue weighted by Crippen LogP contribution is -2.14. The number of anilines is 3. The number of hydrogen-bond acceptors (Lipinski definition) is 4. The molecule has 2 aromatic carbocycles. The Bertz CT molecular complexity index is 978. The van der Waals surface area contributed by atoms with Crippen LogP contribution >= 0.6 is 11.6 Å². The van der Waals surface area contributed by atoms with Gasteiger partial charge in [-0.1, -0.05) is 17.7 Å². The lowest BCUT2D eigenvalue weighted by Gasteiger charge is -2.12. The average Bonchev–Trinajstić information content (AvgIpc) is 2.65. The summed E-state index contributed by atoms with van der Waals surface area (Å²) in [4.78, 5) is 16.5. The number of methoxy groups -OCH3 is 1. The van der Waals surface area contributed by atoms with E-state index in [1.54, 1.807) is 12.1 Å². The van der Waals surface area contributed by atoms with Crippen LogP contribution in [0.3, 0.4) is 0 Å². The number of pyridine rings is 1. The first-order chi connectivity index (χ1) is 13.0. The fourth-order valence-electron chi connectivity index (χ4n) is 2.36. The molecule has 1 heterocycles. The van der Waals surface area contributed by atoms with Gasteiger partial charge >= 0.3 is 0 Å². The van der Waals surface area contributed by atoms with Crippen LogP contribution in [0, 0.1) is 11.6 Å². The van der Waals surface area contributed by atoms with E-state index < -0.39 is 17.5 Å². The number of aromatic nitrogens is 1. The molecule has 0 saturated heterocycles. The zero-order valence-electron chi connectivity index (χ0n) is 14.1. The molecular weight excluding hydrogens is 376 g/mol. The van der Waals surface area contributed by atoms with E-state index in [2.05, 4.69) is 15.6 Å². The molecule has 138 valence electrons. The van der Waals surface area contributed by atoms with E-state index in [-0.39, 0.29) is 11.4 Å². The van der Waals surface area contributed by atoms with Crippen LogP contribution in [0.4, 0.5) is 25.8 Å². The Labute approximate surface area is 159 Å². The lowest BCUT2D eigenvalue weighted by molar-refractivity contribution is 0.102. The Balaban J connectivity index is 1.83. The average molecular weight is 390 g/mol. The van der Waals surface area contributed by atoms with Gasteiger partial charge in [-0.2, -0.15) is 0 Å². The van der Waals surface area contributed by atoms with Gasteiger partial charge in [0.05, 0.1) is 12.8 Å². The number of benzene rings is 2. The molecule has 2 N–H and O–H groups in total. The van der Waals surface area contributed by atoms with Crippen LogP contribution < -0.4 is 15.4 Å². The number of halogens is 3. The van der Waals surface area contributed by atoms with Crippen LogP contribution in [-0.4, -0.2) is 18.0 Å². The Hall–Kier alpha value is -3.19. The van der Waals surface area contributed by atoms with Gasteiger partial charge in [-0.3, -0.25) is 9.78 Å². The van der Waals surface area contributed by atoms with Crippen molar-refractivity contribution in [2.45, 2.75) is 0 Å². The van der Waals surface area contributed by atoms with E-state index in [0.29, 0.717) is 22.1 Å². The van der Waals surface area contributed by atoms with Crippen molar-refractivity contribution in [3.05, 3.63) is 77.1 Å². The fraction of sp³-hybridized carbons (Fsp3) is 0.0526. The second-order valence-corrected chi connectivity index (χ2v) is 5.89. The first kappa shape index (κ1) is 18.6. The molecule has 0 aliphatic carbocycles. The van der Waals surface area contributed by atoms with Gasteiger partial charge in [0.15, 0.2) is 0 Å². The van der Waals surface area contributed by atoms with Crippen molar-refractivity contribution in [2.75, 3.05) is 17.7 Å². The molecule has 0 spiro atoms. The van der Waals surface area contributed by atoms with Crippen molar-refractivity contribution in [1.29, 1.82) is 0 Å². The molecule has 0 bridgehead atoms. The molecule has 0 saturated carbocycles. The molecule has 0 aliphatic rings. The maximum Gasteiger partial charge on any atom is 0.274 e. The number of carbonyl (C=O) groups is 1. The topological polar surface area (TPSA) is 63.2 Å². The second-order valence-electron chi connectivity index (χ2n) is 5.45. The molecule has 0 radical (unpaired) electrons. The van der Waals surface area contributed by atoms with Crippen LogP contribution in [0.1, 0.15) is 10.5 Å². The van der Waals surface area contributed by atoms with Crippen molar-refractivity contribution in [1.82, 2.24) is 4.98 Å². The van der Waals surface area contributed by atoms with E-state index in [9.17, 15) is 13.6 Å². The van der Waals surface area contributed by atoms with Gasteiger partial charge < -0.3 is 15.4 Å². The molecule has 1 amide bonds. The van der Waals surface area contributed by atoms with Crippen molar-refractivity contribution >= 4 is 34.6 Å². The van der Waals surface area contributed by atoms with Crippen LogP contribution in [0.25, 0.3) is 0 Å². The number of nitrogens with zero attached hydrogens (tertiary/aromatic N) is 1. The third-order valence-corrected chi connectivity index (χ3v) is 3.87. The highest BCUT2D eigenvalue weighted by atomic mass is 35.5. The van der Waals surface area contributed by atoms with Gasteiger partial charge in [0, 0.05) is 16.9 Å². The van der Waals surface area contributed by atoms with E-state index >= 15 is 0 Å². The molecule has 8 heteroatoms. The van der Waals surface area contributed by atoms with Crippen LogP contribution in [0.5, 0.6) is 5.75 Å².